The van der Waals surface area contributed by atoms with E-state index in [0.717, 1.165) is 16.5 Å². The number of benzene rings is 3. The summed E-state index contributed by atoms with van der Waals surface area (Å²) in [7, 11) is 2.79. The molecule has 0 radical (unpaired) electrons. The first-order valence-electron chi connectivity index (χ1n) is 17.3. The van der Waals surface area contributed by atoms with Crippen molar-refractivity contribution in [2.75, 3.05) is 5.73 Å². The number of rotatable bonds is 8. The Kier molecular flexibility index (Phi) is 14.0. The number of allylic oxidation sites excluding steroid dienone is 4. The Morgan fingerprint density at radius 2 is 1.48 bits per heavy atom. The Bertz CT molecular complexity index is 2510. The van der Waals surface area contributed by atoms with E-state index in [1.807, 2.05) is 12.3 Å². The molecule has 0 saturated heterocycles. The minimum atomic E-state index is -4.64. The minimum Gasteiger partial charge on any atom is -0.375 e. The van der Waals surface area contributed by atoms with Crippen molar-refractivity contribution in [2.45, 2.75) is 42.5 Å². The number of thioether (sulfide) groups is 1. The van der Waals surface area contributed by atoms with E-state index in [1.54, 1.807) is 60.7 Å². The van der Waals surface area contributed by atoms with Gasteiger partial charge in [-0.05, 0) is 58.7 Å². The number of anilines is 1. The smallest absolute Gasteiger partial charge is 0.375 e. The molecule has 316 valence electrons. The number of alkyl halides is 9. The highest BCUT2D eigenvalue weighted by Gasteiger charge is 2.37. The summed E-state index contributed by atoms with van der Waals surface area (Å²) >= 11 is 1.07. The second kappa shape index (κ2) is 18.6. The van der Waals surface area contributed by atoms with Crippen LogP contribution in [0.25, 0.3) is 39.1 Å². The standard InChI is InChI=1S/C19H14F5N3OS.C17H13F5N2.C4H6N2S/c1-27-16(14(18(25)28)15(26-27)17(20)21)13-11(10-6-3-2-4-7-10)8-5-9-12(13)29-19(22,23)24;1-24-9-13(15(23-24)16(19)20)12-5-3-2-4-11(12)10-6-7-17(21,22)14(18)8-10;1-3-2-7-4(5)6-3/h2-9,17H,1H3,(H2,25,28);2-6,8-9,16H,7H2,1H3;2H,1H3,(H2,5,6). The zero-order valence-corrected chi connectivity index (χ0v) is 33.1. The number of halogens is 10. The molecule has 20 heteroatoms. The van der Waals surface area contributed by atoms with Gasteiger partial charge in [-0.15, -0.1) is 11.3 Å². The van der Waals surface area contributed by atoms with E-state index in [-0.39, 0.29) is 27.3 Å². The molecule has 0 atom stereocenters. The molecule has 3 heterocycles. The van der Waals surface area contributed by atoms with Gasteiger partial charge in [0.15, 0.2) is 11.0 Å². The maximum atomic E-state index is 13.6. The molecule has 0 saturated carbocycles. The number of aromatic nitrogens is 5. The molecule has 3 aromatic heterocycles. The Hall–Kier alpha value is -5.89. The van der Waals surface area contributed by atoms with Gasteiger partial charge < -0.3 is 11.5 Å². The number of nitrogens with zero attached hydrogens (tertiary/aromatic N) is 5. The number of hydrogen-bond donors (Lipinski definition) is 2. The highest BCUT2D eigenvalue weighted by Crippen LogP contribution is 2.47. The SMILES string of the molecule is Cc1csc(N)n1.Cn1cc(-c2ccccc2C2=CCC(F)(F)C(F)=C2)c(C(F)F)n1.Cn1nc(C(F)F)c(C(N)=O)c1-c1c(SC(F)(F)F)cccc1-c1ccccc1. The number of thiazole rings is 1. The predicted octanol–water partition coefficient (Wildman–Crippen LogP) is 11.7. The maximum Gasteiger partial charge on any atom is 0.446 e. The fraction of sp³-hybridized carbons (Fsp3) is 0.200. The molecule has 1 amide bonds. The van der Waals surface area contributed by atoms with Crippen LogP contribution in [0.3, 0.4) is 0 Å². The van der Waals surface area contributed by atoms with Crippen LogP contribution < -0.4 is 11.5 Å². The van der Waals surface area contributed by atoms with E-state index in [0.29, 0.717) is 27.4 Å². The number of hydrogen-bond acceptors (Lipinski definition) is 7. The van der Waals surface area contributed by atoms with Crippen molar-refractivity contribution in [3.05, 3.63) is 131 Å². The number of aryl methyl sites for hydroxylation is 3. The highest BCUT2D eigenvalue weighted by molar-refractivity contribution is 8.00. The lowest BCUT2D eigenvalue weighted by atomic mass is 9.91. The van der Waals surface area contributed by atoms with Crippen molar-refractivity contribution in [3.8, 4) is 33.5 Å². The van der Waals surface area contributed by atoms with E-state index in [4.69, 9.17) is 11.5 Å². The summed E-state index contributed by atoms with van der Waals surface area (Å²) in [6, 6.07) is 19.0. The highest BCUT2D eigenvalue weighted by atomic mass is 32.2. The van der Waals surface area contributed by atoms with Crippen LogP contribution in [-0.4, -0.2) is 41.9 Å². The molecule has 8 nitrogen and oxygen atoms in total. The Labute approximate surface area is 344 Å². The first-order chi connectivity index (χ1) is 28.2. The molecular formula is C40H33F10N7OS2. The van der Waals surface area contributed by atoms with Crippen LogP contribution in [0.15, 0.2) is 107 Å². The van der Waals surface area contributed by atoms with Gasteiger partial charge in [-0.1, -0.05) is 72.8 Å². The second-order valence-corrected chi connectivity index (χ2v) is 14.8. The molecule has 0 fully saturated rings. The second-order valence-electron chi connectivity index (χ2n) is 12.8. The molecular weight excluding hydrogens is 849 g/mol. The maximum absolute atomic E-state index is 13.6. The molecule has 4 N–H and O–H groups in total. The van der Waals surface area contributed by atoms with Gasteiger partial charge in [-0.3, -0.25) is 14.2 Å². The van der Waals surface area contributed by atoms with E-state index in [1.165, 1.54) is 54.5 Å². The monoisotopic (exact) mass is 881 g/mol. The zero-order valence-electron chi connectivity index (χ0n) is 31.5. The summed E-state index contributed by atoms with van der Waals surface area (Å²) in [5.41, 5.74) is 6.93. The Morgan fingerprint density at radius 3 is 2.02 bits per heavy atom. The van der Waals surface area contributed by atoms with Crippen molar-refractivity contribution in [3.63, 3.8) is 0 Å². The lowest BCUT2D eigenvalue weighted by Crippen LogP contribution is -2.18. The first kappa shape index (κ1) is 45.2. The fourth-order valence-corrected chi connectivity index (χ4v) is 7.36. The van der Waals surface area contributed by atoms with Gasteiger partial charge in [-0.25, -0.2) is 26.9 Å². The van der Waals surface area contributed by atoms with Crippen LogP contribution in [0.2, 0.25) is 0 Å². The number of nitrogen functional groups attached to an aromatic ring is 1. The fourth-order valence-electron chi connectivity index (χ4n) is 6.11. The molecule has 7 rings (SSSR count). The van der Waals surface area contributed by atoms with Crippen LogP contribution in [0.1, 0.15) is 52.3 Å². The van der Waals surface area contributed by atoms with E-state index in [2.05, 4.69) is 15.2 Å². The van der Waals surface area contributed by atoms with Crippen molar-refractivity contribution in [1.29, 1.82) is 0 Å². The largest absolute Gasteiger partial charge is 0.446 e. The van der Waals surface area contributed by atoms with Crippen LogP contribution in [0.5, 0.6) is 0 Å². The summed E-state index contributed by atoms with van der Waals surface area (Å²) in [5.74, 6) is -6.26. The van der Waals surface area contributed by atoms with Gasteiger partial charge in [0, 0.05) is 48.1 Å². The first-order valence-corrected chi connectivity index (χ1v) is 19.0. The number of nitrogens with two attached hydrogens (primary N) is 2. The third-order valence-corrected chi connectivity index (χ3v) is 10.1. The summed E-state index contributed by atoms with van der Waals surface area (Å²) in [4.78, 5) is 15.6. The molecule has 1 aliphatic carbocycles. The molecule has 3 aromatic carbocycles. The van der Waals surface area contributed by atoms with Gasteiger partial charge in [-0.2, -0.15) is 32.1 Å². The molecule has 1 aliphatic rings. The van der Waals surface area contributed by atoms with Crippen LogP contribution in [0.4, 0.5) is 49.0 Å². The van der Waals surface area contributed by atoms with Crippen LogP contribution >= 0.6 is 23.1 Å². The molecule has 0 spiro atoms. The van der Waals surface area contributed by atoms with Crippen molar-refractivity contribution >= 4 is 39.7 Å². The average molecular weight is 882 g/mol. The van der Waals surface area contributed by atoms with Crippen LogP contribution in [0, 0.1) is 6.92 Å². The summed E-state index contributed by atoms with van der Waals surface area (Å²) < 4.78 is 135. The normalized spacial score (nSPS) is 13.6. The molecule has 0 unspecified atom stereocenters. The average Bonchev–Trinajstić information content (AvgIpc) is 3.88. The summed E-state index contributed by atoms with van der Waals surface area (Å²) in [6.07, 6.45) is -3.29. The van der Waals surface area contributed by atoms with E-state index in [9.17, 15) is 48.7 Å². The molecule has 0 bridgehead atoms. The minimum absolute atomic E-state index is 0.0447. The zero-order chi connectivity index (χ0) is 44.1. The van der Waals surface area contributed by atoms with E-state index < -0.39 is 71.1 Å². The van der Waals surface area contributed by atoms with E-state index >= 15 is 0 Å². The molecule has 60 heavy (non-hydrogen) atoms. The molecule has 6 aromatic rings. The topological polar surface area (TPSA) is 118 Å². The van der Waals surface area contributed by atoms with Crippen molar-refractivity contribution < 1.29 is 48.7 Å². The number of primary amides is 1. The molecule has 0 aliphatic heterocycles. The van der Waals surface area contributed by atoms with Gasteiger partial charge in [0.05, 0.1) is 17.0 Å². The predicted molar refractivity (Wildman–Crippen MR) is 211 cm³/mol. The van der Waals surface area contributed by atoms with Gasteiger partial charge in [0.2, 0.25) is 0 Å². The lowest BCUT2D eigenvalue weighted by Gasteiger charge is -2.19. The summed E-state index contributed by atoms with van der Waals surface area (Å²) in [5, 5.41) is 9.98. The lowest BCUT2D eigenvalue weighted by molar-refractivity contribution is -0.0328. The van der Waals surface area contributed by atoms with Gasteiger partial charge in [0.25, 0.3) is 18.8 Å². The third-order valence-electron chi connectivity index (χ3n) is 8.54. The number of amides is 1. The number of carbonyl (C=O) groups excluding carboxylic acids is 1. The van der Waals surface area contributed by atoms with Gasteiger partial charge >= 0.3 is 11.4 Å². The van der Waals surface area contributed by atoms with Crippen molar-refractivity contribution in [2.24, 2.45) is 19.8 Å². The number of carbonyl (C=O) groups is 1. The van der Waals surface area contributed by atoms with Gasteiger partial charge in [0.1, 0.15) is 11.4 Å². The Morgan fingerprint density at radius 1 is 0.867 bits per heavy atom. The Balaban J connectivity index is 0.000000198. The van der Waals surface area contributed by atoms with Crippen molar-refractivity contribution in [1.82, 2.24) is 24.5 Å². The third kappa shape index (κ3) is 10.6. The summed E-state index contributed by atoms with van der Waals surface area (Å²) in [6.45, 7) is 1.92. The quantitative estimate of drug-likeness (QED) is 0.116. The van der Waals surface area contributed by atoms with Crippen LogP contribution in [-0.2, 0) is 14.1 Å².